The quantitative estimate of drug-likeness (QED) is 0.188. The predicted octanol–water partition coefficient (Wildman–Crippen LogP) is 6.94. The number of carboxylic acids is 1. The number of allylic oxidation sites excluding steroid dienone is 8. The van der Waals surface area contributed by atoms with Crippen molar-refractivity contribution in [3.8, 4) is 0 Å². The lowest BCUT2D eigenvalue weighted by molar-refractivity contribution is -0.141. The molecule has 1 aromatic rings. The van der Waals surface area contributed by atoms with Crippen LogP contribution in [0.15, 0.2) is 78.9 Å². The third kappa shape index (κ3) is 16.4. The van der Waals surface area contributed by atoms with Crippen LogP contribution in [0.3, 0.4) is 0 Å². The zero-order valence-electron chi connectivity index (χ0n) is 20.1. The van der Waals surface area contributed by atoms with Gasteiger partial charge in [0.1, 0.15) is 6.04 Å². The van der Waals surface area contributed by atoms with E-state index in [1.165, 1.54) is 25.7 Å². The molecule has 0 aliphatic carbocycles. The molecule has 1 aromatic carbocycles. The number of carbonyl (C=O) groups excluding carboxylic acids is 1. The average Bonchev–Trinajstić information content (AvgIpc) is 2.81. The minimum Gasteiger partial charge on any atom is -0.480 e. The Hall–Kier alpha value is -2.88. The Morgan fingerprint density at radius 1 is 0.818 bits per heavy atom. The van der Waals surface area contributed by atoms with Crippen LogP contribution in [0.4, 0.5) is 0 Å². The molecule has 1 rings (SSSR count). The van der Waals surface area contributed by atoms with E-state index in [1.54, 1.807) is 0 Å². The van der Waals surface area contributed by atoms with Gasteiger partial charge in [0.25, 0.3) is 0 Å². The van der Waals surface area contributed by atoms with Crippen LogP contribution in [0.2, 0.25) is 0 Å². The van der Waals surface area contributed by atoms with Crippen LogP contribution in [0.1, 0.15) is 76.7 Å². The van der Waals surface area contributed by atoms with Crippen molar-refractivity contribution in [1.82, 2.24) is 5.32 Å². The van der Waals surface area contributed by atoms with Gasteiger partial charge in [-0.25, -0.2) is 4.79 Å². The fraction of sp³-hybridized carbons (Fsp3) is 0.448. The topological polar surface area (TPSA) is 66.4 Å². The lowest BCUT2D eigenvalue weighted by Gasteiger charge is -2.14. The first-order chi connectivity index (χ1) is 16.1. The Bertz CT molecular complexity index is 762. The van der Waals surface area contributed by atoms with Crippen molar-refractivity contribution in [2.24, 2.45) is 0 Å². The van der Waals surface area contributed by atoms with E-state index < -0.39 is 12.0 Å². The first kappa shape index (κ1) is 28.2. The number of amides is 1. The summed E-state index contributed by atoms with van der Waals surface area (Å²) in [7, 11) is 0. The van der Waals surface area contributed by atoms with Crippen LogP contribution >= 0.6 is 0 Å². The molecule has 1 unspecified atom stereocenters. The Morgan fingerprint density at radius 3 is 1.91 bits per heavy atom. The molecular weight excluding hydrogens is 410 g/mol. The summed E-state index contributed by atoms with van der Waals surface area (Å²) < 4.78 is 0. The van der Waals surface area contributed by atoms with Crippen LogP contribution in [0.5, 0.6) is 0 Å². The molecule has 1 amide bonds. The molecule has 180 valence electrons. The Kier molecular flexibility index (Phi) is 16.9. The number of unbranched alkanes of at least 4 members (excludes halogenated alkanes) is 4. The van der Waals surface area contributed by atoms with Crippen LogP contribution in [-0.4, -0.2) is 23.0 Å². The molecule has 0 spiro atoms. The molecule has 2 N–H and O–H groups in total. The predicted molar refractivity (Wildman–Crippen MR) is 138 cm³/mol. The van der Waals surface area contributed by atoms with Crippen molar-refractivity contribution in [3.63, 3.8) is 0 Å². The smallest absolute Gasteiger partial charge is 0.326 e. The normalized spacial score (nSPS) is 12.9. The highest BCUT2D eigenvalue weighted by molar-refractivity contribution is 5.83. The second kappa shape index (κ2) is 19.8. The molecule has 4 nitrogen and oxygen atoms in total. The van der Waals surface area contributed by atoms with Crippen molar-refractivity contribution in [3.05, 3.63) is 84.5 Å². The van der Waals surface area contributed by atoms with Gasteiger partial charge in [-0.3, -0.25) is 4.79 Å². The van der Waals surface area contributed by atoms with E-state index in [-0.39, 0.29) is 5.91 Å². The summed E-state index contributed by atoms with van der Waals surface area (Å²) in [6, 6.07) is 8.45. The Balaban J connectivity index is 2.09. The number of rotatable bonds is 18. The van der Waals surface area contributed by atoms with E-state index in [1.807, 2.05) is 30.3 Å². The molecule has 0 aromatic heterocycles. The highest BCUT2D eigenvalue weighted by Gasteiger charge is 2.19. The van der Waals surface area contributed by atoms with Gasteiger partial charge >= 0.3 is 5.97 Å². The van der Waals surface area contributed by atoms with E-state index in [0.717, 1.165) is 31.2 Å². The van der Waals surface area contributed by atoms with E-state index in [0.29, 0.717) is 19.3 Å². The fourth-order valence-electron chi connectivity index (χ4n) is 3.26. The number of hydrogen-bond donors (Lipinski definition) is 2. The van der Waals surface area contributed by atoms with Gasteiger partial charge in [-0.05, 0) is 50.5 Å². The molecule has 0 fully saturated rings. The van der Waals surface area contributed by atoms with Gasteiger partial charge in [0.15, 0.2) is 0 Å². The molecule has 33 heavy (non-hydrogen) atoms. The molecule has 1 atom stereocenters. The van der Waals surface area contributed by atoms with Gasteiger partial charge in [0, 0.05) is 12.8 Å². The summed E-state index contributed by atoms with van der Waals surface area (Å²) >= 11 is 0. The van der Waals surface area contributed by atoms with E-state index in [9.17, 15) is 14.7 Å². The summed E-state index contributed by atoms with van der Waals surface area (Å²) in [5, 5.41) is 12.0. The highest BCUT2D eigenvalue weighted by atomic mass is 16.4. The molecular formula is C29H41NO3. The maximum atomic E-state index is 12.1. The van der Waals surface area contributed by atoms with Crippen molar-refractivity contribution >= 4 is 11.9 Å². The van der Waals surface area contributed by atoms with Crippen LogP contribution < -0.4 is 5.32 Å². The first-order valence-electron chi connectivity index (χ1n) is 12.3. The number of hydrogen-bond acceptors (Lipinski definition) is 2. The maximum absolute atomic E-state index is 12.1. The molecule has 0 bridgehead atoms. The number of carboxylic acid groups (broad SMARTS) is 1. The molecule has 0 heterocycles. The monoisotopic (exact) mass is 451 g/mol. The number of benzene rings is 1. The minimum absolute atomic E-state index is 0.214. The molecule has 0 aliphatic rings. The first-order valence-corrected chi connectivity index (χ1v) is 12.3. The SMILES string of the molecule is CCCCC/C=C/C/C=C/C/C=C/C/C=C/CCCC(=O)NC(Cc1ccccc1)C(=O)O. The summed E-state index contributed by atoms with van der Waals surface area (Å²) in [5.74, 6) is -1.22. The summed E-state index contributed by atoms with van der Waals surface area (Å²) in [6.45, 7) is 2.23. The van der Waals surface area contributed by atoms with E-state index >= 15 is 0 Å². The largest absolute Gasteiger partial charge is 0.480 e. The molecule has 0 radical (unpaired) electrons. The van der Waals surface area contributed by atoms with Gasteiger partial charge in [-0.2, -0.15) is 0 Å². The van der Waals surface area contributed by atoms with Crippen molar-refractivity contribution in [1.29, 1.82) is 0 Å². The lowest BCUT2D eigenvalue weighted by atomic mass is 10.1. The second-order valence-electron chi connectivity index (χ2n) is 8.13. The van der Waals surface area contributed by atoms with Crippen molar-refractivity contribution < 1.29 is 14.7 Å². The molecule has 0 saturated carbocycles. The number of aliphatic carboxylic acids is 1. The van der Waals surface area contributed by atoms with Crippen molar-refractivity contribution in [2.75, 3.05) is 0 Å². The van der Waals surface area contributed by atoms with Gasteiger partial charge in [-0.15, -0.1) is 0 Å². The number of nitrogens with one attached hydrogen (secondary N) is 1. The third-order valence-corrected chi connectivity index (χ3v) is 5.15. The highest BCUT2D eigenvalue weighted by Crippen LogP contribution is 2.05. The standard InChI is InChI=1S/C29H41NO3/c1-2-3-4-5-6-7-8-9-10-11-12-13-14-15-16-17-21-24-28(31)30-27(29(32)33)25-26-22-19-18-20-23-26/h6-7,9-10,12-13,15-16,18-20,22-23,27H,2-5,8,11,14,17,21,24-25H2,1H3,(H,30,31)(H,32,33)/b7-6+,10-9+,13-12+,16-15+. The number of carbonyl (C=O) groups is 2. The molecule has 4 heteroatoms. The minimum atomic E-state index is -1.01. The fourth-order valence-corrected chi connectivity index (χ4v) is 3.26. The van der Waals surface area contributed by atoms with E-state index in [2.05, 4.69) is 60.8 Å². The summed E-state index contributed by atoms with van der Waals surface area (Å²) in [4.78, 5) is 23.5. The third-order valence-electron chi connectivity index (χ3n) is 5.15. The zero-order chi connectivity index (χ0) is 24.0. The summed E-state index contributed by atoms with van der Waals surface area (Å²) in [5.41, 5.74) is 0.895. The van der Waals surface area contributed by atoms with Crippen LogP contribution in [-0.2, 0) is 16.0 Å². The van der Waals surface area contributed by atoms with Crippen LogP contribution in [0, 0.1) is 0 Å². The van der Waals surface area contributed by atoms with Crippen LogP contribution in [0.25, 0.3) is 0 Å². The van der Waals surface area contributed by atoms with Gasteiger partial charge < -0.3 is 10.4 Å². The molecule has 0 saturated heterocycles. The van der Waals surface area contributed by atoms with Gasteiger partial charge in [-0.1, -0.05) is 98.7 Å². The molecule has 0 aliphatic heterocycles. The maximum Gasteiger partial charge on any atom is 0.326 e. The Morgan fingerprint density at radius 2 is 1.36 bits per heavy atom. The zero-order valence-corrected chi connectivity index (χ0v) is 20.1. The lowest BCUT2D eigenvalue weighted by Crippen LogP contribution is -2.42. The van der Waals surface area contributed by atoms with E-state index in [4.69, 9.17) is 0 Å². The van der Waals surface area contributed by atoms with Crippen molar-refractivity contribution in [2.45, 2.75) is 83.6 Å². The Labute approximate surface area is 200 Å². The van der Waals surface area contributed by atoms with Gasteiger partial charge in [0.05, 0.1) is 0 Å². The summed E-state index contributed by atoms with van der Waals surface area (Å²) in [6.07, 6.45) is 27.5. The average molecular weight is 452 g/mol. The second-order valence-corrected chi connectivity index (χ2v) is 8.13. The van der Waals surface area contributed by atoms with Gasteiger partial charge in [0.2, 0.25) is 5.91 Å².